The first kappa shape index (κ1) is 36.7. The summed E-state index contributed by atoms with van der Waals surface area (Å²) in [6.45, 7) is 0. The Morgan fingerprint density at radius 1 is 0.500 bits per heavy atom. The number of rotatable bonds is 5. The minimum atomic E-state index is 0.283. The average molecular weight is 834 g/mol. The number of aryl methyl sites for hydroxylation is 1. The van der Waals surface area contributed by atoms with Crippen molar-refractivity contribution >= 4 is 38.8 Å². The van der Waals surface area contributed by atoms with Gasteiger partial charge >= 0.3 is 0 Å². The molecule has 5 atom stereocenters. The Bertz CT molecular complexity index is 3190. The first-order valence-electron chi connectivity index (χ1n) is 24.9. The third-order valence-corrected chi connectivity index (χ3v) is 19.0. The summed E-state index contributed by atoms with van der Waals surface area (Å²) in [5, 5.41) is 4.51. The lowest BCUT2D eigenvalue weighted by Gasteiger charge is -2.57. The molecule has 5 aromatic carbocycles. The van der Waals surface area contributed by atoms with Crippen molar-refractivity contribution in [1.82, 2.24) is 15.0 Å². The molecular weight excluding hydrogens is 779 g/mol. The normalized spacial score (nSPS) is 32.2. The molecule has 7 aromatic rings. The van der Waals surface area contributed by atoms with E-state index in [0.29, 0.717) is 5.41 Å². The van der Waals surface area contributed by atoms with Gasteiger partial charge in [-0.05, 0) is 194 Å². The fourth-order valence-corrected chi connectivity index (χ4v) is 17.0. The van der Waals surface area contributed by atoms with Gasteiger partial charge in [0.15, 0.2) is 17.5 Å². The number of benzene rings is 5. The first-order chi connectivity index (χ1) is 31.5. The molecule has 4 heteroatoms. The number of hydrogen-bond donors (Lipinski definition) is 0. The van der Waals surface area contributed by atoms with Crippen LogP contribution in [0.2, 0.25) is 0 Å². The highest BCUT2D eigenvalue weighted by molar-refractivity contribution is 6.13. The van der Waals surface area contributed by atoms with Crippen LogP contribution in [0.15, 0.2) is 126 Å². The molecule has 0 radical (unpaired) electrons. The molecular formula is C60H55N3O. The number of para-hydroxylation sites is 2. The Labute approximate surface area is 376 Å². The van der Waals surface area contributed by atoms with Crippen molar-refractivity contribution in [2.45, 2.75) is 101 Å². The molecule has 0 aliphatic heterocycles. The van der Waals surface area contributed by atoms with Crippen molar-refractivity contribution in [3.05, 3.63) is 144 Å². The van der Waals surface area contributed by atoms with E-state index >= 15 is 0 Å². The average Bonchev–Trinajstić information content (AvgIpc) is 3.67. The molecule has 8 saturated carbocycles. The van der Waals surface area contributed by atoms with Crippen molar-refractivity contribution in [3.8, 4) is 34.2 Å². The van der Waals surface area contributed by atoms with Crippen molar-refractivity contribution in [1.29, 1.82) is 0 Å². The van der Waals surface area contributed by atoms with E-state index in [1.807, 2.05) is 0 Å². The van der Waals surface area contributed by atoms with Gasteiger partial charge < -0.3 is 4.42 Å². The molecule has 2 aromatic heterocycles. The number of nitrogens with zero attached hydrogens (tertiary/aromatic N) is 3. The van der Waals surface area contributed by atoms with Gasteiger partial charge in [0, 0.05) is 32.8 Å². The highest BCUT2D eigenvalue weighted by atomic mass is 16.3. The fourth-order valence-electron chi connectivity index (χ4n) is 17.0. The zero-order valence-electron chi connectivity index (χ0n) is 36.7. The maximum absolute atomic E-state index is 6.87. The van der Waals surface area contributed by atoms with E-state index in [-0.39, 0.29) is 10.8 Å². The zero-order valence-corrected chi connectivity index (χ0v) is 36.7. The highest BCUT2D eigenvalue weighted by Crippen LogP contribution is 2.79. The second-order valence-corrected chi connectivity index (χ2v) is 22.4. The first-order valence-corrected chi connectivity index (χ1v) is 24.9. The lowest BCUT2D eigenvalue weighted by atomic mass is 9.48. The number of fused-ring (bicyclic) bond motifs is 9. The Morgan fingerprint density at radius 3 is 1.88 bits per heavy atom. The van der Waals surface area contributed by atoms with Gasteiger partial charge in [0.1, 0.15) is 11.2 Å². The molecule has 2 heterocycles. The van der Waals surface area contributed by atoms with Gasteiger partial charge in [-0.3, -0.25) is 0 Å². The number of aromatic nitrogens is 3. The van der Waals surface area contributed by atoms with E-state index in [9.17, 15) is 0 Å². The molecule has 1 spiro atoms. The minimum Gasteiger partial charge on any atom is -0.456 e. The standard InChI is InChI=1S/C60H55N3O/c1-2-17-49-46(14-1)47-15-3-5-20-52(47)64-53-21-6-4-16-48(53)50-18-9-19-51(54(49)50)57-62-55(40-10-7-12-42(26-40)58-29-36-22-37(30-58)24-38(23-36)31-58)61-56(63-57)41-11-8-13-43(27-41)59-32-39-25-44-28-45(34-59)60(44,33-39)35-59/h2-13,15-21,26-27,36-39,44-45H,1,14,22-25,28-35H2/t36?,37?,38?,39-,44?,45+,58?,59?,60-/m0/s1. The Kier molecular flexibility index (Phi) is 7.59. The number of hydrogen-bond acceptors (Lipinski definition) is 4. The summed E-state index contributed by atoms with van der Waals surface area (Å²) < 4.78 is 6.87. The van der Waals surface area contributed by atoms with Gasteiger partial charge in [0.05, 0.1) is 0 Å². The summed E-state index contributed by atoms with van der Waals surface area (Å²) in [5.41, 5.74) is 11.8. The third kappa shape index (κ3) is 5.26. The maximum Gasteiger partial charge on any atom is 0.164 e. The number of allylic oxidation sites excluding steroid dienone is 1. The molecule has 0 N–H and O–H groups in total. The summed E-state index contributed by atoms with van der Waals surface area (Å²) in [4.78, 5) is 16.7. The summed E-state index contributed by atoms with van der Waals surface area (Å²) >= 11 is 0. The molecule has 64 heavy (non-hydrogen) atoms. The summed E-state index contributed by atoms with van der Waals surface area (Å²) in [5.74, 6) is 7.72. The smallest absolute Gasteiger partial charge is 0.164 e. The van der Waals surface area contributed by atoms with Gasteiger partial charge in [-0.25, -0.2) is 15.0 Å². The molecule has 9 aliphatic carbocycles. The quantitative estimate of drug-likeness (QED) is 0.173. The molecule has 7 bridgehead atoms. The topological polar surface area (TPSA) is 51.8 Å². The molecule has 0 amide bonds. The van der Waals surface area contributed by atoms with Crippen LogP contribution in [0.4, 0.5) is 0 Å². The molecule has 2 unspecified atom stereocenters. The predicted molar refractivity (Wildman–Crippen MR) is 258 cm³/mol. The van der Waals surface area contributed by atoms with Gasteiger partial charge in [0.2, 0.25) is 0 Å². The van der Waals surface area contributed by atoms with E-state index < -0.39 is 0 Å². The Hall–Kier alpha value is -5.61. The predicted octanol–water partition coefficient (Wildman–Crippen LogP) is 14.9. The summed E-state index contributed by atoms with van der Waals surface area (Å²) in [6, 6.07) is 42.8. The summed E-state index contributed by atoms with van der Waals surface area (Å²) in [6.07, 6.45) is 23.5. The van der Waals surface area contributed by atoms with Gasteiger partial charge in [-0.15, -0.1) is 0 Å². The largest absolute Gasteiger partial charge is 0.456 e. The van der Waals surface area contributed by atoms with Gasteiger partial charge in [-0.2, -0.15) is 0 Å². The van der Waals surface area contributed by atoms with Crippen molar-refractivity contribution in [2.24, 2.45) is 40.9 Å². The van der Waals surface area contributed by atoms with Crippen LogP contribution in [-0.4, -0.2) is 15.0 Å². The SMILES string of the molecule is C1=Cc2c(c3ccccc3oc3ccccc3c3cccc(-c4nc(-c5cccc(C67CC8CC(CC(C8)C6)C7)c5)nc(-c5cccc(C67C[C@@H]8CC9C[C@H](C6)[C@@]9(C8)C7)c5)n4)c23)CC1. The molecule has 0 saturated heterocycles. The van der Waals surface area contributed by atoms with Crippen molar-refractivity contribution in [3.63, 3.8) is 0 Å². The second-order valence-electron chi connectivity index (χ2n) is 22.4. The van der Waals surface area contributed by atoms with Crippen LogP contribution in [0.3, 0.4) is 0 Å². The van der Waals surface area contributed by atoms with Crippen LogP contribution in [0.25, 0.3) is 73.0 Å². The Morgan fingerprint density at radius 2 is 1.12 bits per heavy atom. The van der Waals surface area contributed by atoms with E-state index in [1.54, 1.807) is 0 Å². The maximum atomic E-state index is 6.87. The monoisotopic (exact) mass is 833 g/mol. The lowest BCUT2D eigenvalue weighted by molar-refractivity contribution is -0.00517. The van der Waals surface area contributed by atoms with E-state index in [2.05, 4.69) is 127 Å². The zero-order chi connectivity index (χ0) is 41.8. The minimum absolute atomic E-state index is 0.283. The molecule has 16 rings (SSSR count). The van der Waals surface area contributed by atoms with Crippen molar-refractivity contribution in [2.75, 3.05) is 0 Å². The van der Waals surface area contributed by atoms with E-state index in [1.165, 1.54) is 99.3 Å². The van der Waals surface area contributed by atoms with E-state index in [4.69, 9.17) is 19.4 Å². The van der Waals surface area contributed by atoms with Gasteiger partial charge in [0.25, 0.3) is 0 Å². The van der Waals surface area contributed by atoms with Crippen LogP contribution in [0.1, 0.15) is 106 Å². The van der Waals surface area contributed by atoms with Crippen molar-refractivity contribution < 1.29 is 4.42 Å². The lowest BCUT2D eigenvalue weighted by Crippen LogP contribution is -2.48. The van der Waals surface area contributed by atoms with Crippen LogP contribution >= 0.6 is 0 Å². The van der Waals surface area contributed by atoms with Gasteiger partial charge in [-0.1, -0.05) is 103 Å². The third-order valence-electron chi connectivity index (χ3n) is 19.0. The van der Waals surface area contributed by atoms with Crippen LogP contribution < -0.4 is 0 Å². The molecule has 9 aliphatic rings. The molecule has 4 nitrogen and oxygen atoms in total. The van der Waals surface area contributed by atoms with Crippen LogP contribution in [0, 0.1) is 40.9 Å². The van der Waals surface area contributed by atoms with E-state index in [0.717, 1.165) is 115 Å². The second kappa shape index (κ2) is 13.2. The molecule has 316 valence electrons. The summed E-state index contributed by atoms with van der Waals surface area (Å²) in [7, 11) is 0. The highest BCUT2D eigenvalue weighted by Gasteiger charge is 2.71. The van der Waals surface area contributed by atoms with Crippen LogP contribution in [0.5, 0.6) is 0 Å². The van der Waals surface area contributed by atoms with Crippen LogP contribution in [-0.2, 0) is 17.3 Å². The molecule has 8 fully saturated rings. The fraction of sp³-hybridized carbons (Fsp3) is 0.383. The Balaban J connectivity index is 0.968.